The van der Waals surface area contributed by atoms with Crippen LogP contribution in [-0.4, -0.2) is 53.3 Å². The van der Waals surface area contributed by atoms with Crippen molar-refractivity contribution in [3.8, 4) is 0 Å². The van der Waals surface area contributed by atoms with Gasteiger partial charge in [-0.05, 0) is 35.6 Å². The number of rotatable bonds is 3. The molecule has 2 aliphatic rings. The van der Waals surface area contributed by atoms with Crippen LogP contribution in [0.2, 0.25) is 0 Å². The third-order valence-corrected chi connectivity index (χ3v) is 6.29. The molecule has 1 atom stereocenters. The van der Waals surface area contributed by atoms with Crippen LogP contribution in [0.3, 0.4) is 0 Å². The number of amides is 2. The van der Waals surface area contributed by atoms with Gasteiger partial charge >= 0.3 is 0 Å². The number of hydrogen-bond donors (Lipinski definition) is 0. The lowest BCUT2D eigenvalue weighted by atomic mass is 9.92. The Balaban J connectivity index is 1.56. The Bertz CT molecular complexity index is 905. The average molecular weight is 405 g/mol. The van der Waals surface area contributed by atoms with Gasteiger partial charge in [-0.2, -0.15) is 11.3 Å². The average Bonchev–Trinajstić information content (AvgIpc) is 3.31. The van der Waals surface area contributed by atoms with Crippen molar-refractivity contribution in [1.82, 2.24) is 9.80 Å². The van der Waals surface area contributed by atoms with E-state index in [0.29, 0.717) is 31.7 Å². The van der Waals surface area contributed by atoms with Crippen LogP contribution in [0.5, 0.6) is 0 Å². The Hall–Kier alpha value is -2.32. The van der Waals surface area contributed by atoms with E-state index in [-0.39, 0.29) is 18.4 Å². The van der Waals surface area contributed by atoms with Gasteiger partial charge in [0, 0.05) is 31.9 Å². The smallest absolute Gasteiger partial charge is 0.246 e. The van der Waals surface area contributed by atoms with Crippen molar-refractivity contribution in [2.75, 3.05) is 31.1 Å². The molecule has 1 aromatic heterocycles. The molecule has 2 aromatic rings. The van der Waals surface area contributed by atoms with Gasteiger partial charge in [-0.1, -0.05) is 6.07 Å². The van der Waals surface area contributed by atoms with Crippen LogP contribution in [0.25, 0.3) is 0 Å². The topological polar surface area (TPSA) is 43.9 Å². The zero-order chi connectivity index (χ0) is 19.9. The van der Waals surface area contributed by atoms with Crippen LogP contribution < -0.4 is 4.90 Å². The summed E-state index contributed by atoms with van der Waals surface area (Å²) in [6.45, 7) is 3.76. The summed E-state index contributed by atoms with van der Waals surface area (Å²) in [6.07, 6.45) is 0.726. The van der Waals surface area contributed by atoms with Gasteiger partial charge in [0.2, 0.25) is 11.8 Å². The lowest BCUT2D eigenvalue weighted by molar-refractivity contribution is -0.142. The van der Waals surface area contributed by atoms with Crippen LogP contribution in [0, 0.1) is 11.6 Å². The van der Waals surface area contributed by atoms with Crippen LogP contribution in [-0.2, 0) is 16.1 Å². The normalized spacial score (nSPS) is 23.0. The quantitative estimate of drug-likeness (QED) is 0.789. The molecule has 4 rings (SSSR count). The summed E-state index contributed by atoms with van der Waals surface area (Å²) in [5.41, 5.74) is 1.07. The molecular formula is C20H21F2N3O2S. The monoisotopic (exact) mass is 405 g/mol. The standard InChI is InChI=1S/C20H21F2N3O2S/c1-14(26)25-10-19(27)24(16-4-7-28-11-16)13-20(25)5-6-23(12-20)9-15-2-3-17(21)18(22)8-15/h2-4,7-8,11H,5-6,9-10,12-13H2,1H3. The molecule has 0 saturated carbocycles. The first-order chi connectivity index (χ1) is 13.4. The van der Waals surface area contributed by atoms with Crippen molar-refractivity contribution >= 4 is 28.8 Å². The number of carbonyl (C=O) groups excluding carboxylic acids is 2. The van der Waals surface area contributed by atoms with Crippen molar-refractivity contribution in [1.29, 1.82) is 0 Å². The second-order valence-corrected chi connectivity index (χ2v) is 8.28. The minimum Gasteiger partial charge on any atom is -0.325 e. The fraction of sp³-hybridized carbons (Fsp3) is 0.400. The molecule has 3 heterocycles. The van der Waals surface area contributed by atoms with Gasteiger partial charge < -0.3 is 9.80 Å². The number of carbonyl (C=O) groups is 2. The molecule has 0 bridgehead atoms. The van der Waals surface area contributed by atoms with E-state index in [0.717, 1.165) is 18.2 Å². The number of likely N-dealkylation sites (tertiary alicyclic amines) is 1. The Morgan fingerprint density at radius 2 is 2.04 bits per heavy atom. The Labute approximate surface area is 166 Å². The minimum absolute atomic E-state index is 0.0597. The predicted molar refractivity (Wildman–Crippen MR) is 103 cm³/mol. The highest BCUT2D eigenvalue weighted by Gasteiger charge is 2.50. The molecule has 1 aromatic carbocycles. The summed E-state index contributed by atoms with van der Waals surface area (Å²) in [4.78, 5) is 30.5. The zero-order valence-electron chi connectivity index (χ0n) is 15.5. The van der Waals surface area contributed by atoms with E-state index in [1.165, 1.54) is 24.3 Å². The molecule has 2 saturated heterocycles. The van der Waals surface area contributed by atoms with Gasteiger partial charge in [0.15, 0.2) is 11.6 Å². The molecule has 1 unspecified atom stereocenters. The summed E-state index contributed by atoms with van der Waals surface area (Å²) in [6, 6.07) is 5.84. The number of nitrogens with zero attached hydrogens (tertiary/aromatic N) is 3. The molecule has 5 nitrogen and oxygen atoms in total. The number of halogens is 2. The van der Waals surface area contributed by atoms with Gasteiger partial charge in [0.25, 0.3) is 0 Å². The molecular weight excluding hydrogens is 384 g/mol. The van der Waals surface area contributed by atoms with Gasteiger partial charge in [0.1, 0.15) is 6.54 Å². The first kappa shape index (κ1) is 19.0. The SMILES string of the molecule is CC(=O)N1CC(=O)N(c2ccsc2)CC12CCN(Cc1ccc(F)c(F)c1)C2. The number of anilines is 1. The summed E-state index contributed by atoms with van der Waals surface area (Å²) in [7, 11) is 0. The summed E-state index contributed by atoms with van der Waals surface area (Å²) in [5, 5.41) is 3.86. The van der Waals surface area contributed by atoms with Crippen molar-refractivity contribution in [3.05, 3.63) is 52.2 Å². The maximum atomic E-state index is 13.5. The predicted octanol–water partition coefficient (Wildman–Crippen LogP) is 2.87. The highest BCUT2D eigenvalue weighted by Crippen LogP contribution is 2.35. The molecule has 8 heteroatoms. The summed E-state index contributed by atoms with van der Waals surface area (Å²) in [5.74, 6) is -1.92. The highest BCUT2D eigenvalue weighted by molar-refractivity contribution is 7.08. The van der Waals surface area contributed by atoms with Crippen molar-refractivity contribution < 1.29 is 18.4 Å². The molecule has 148 valence electrons. The first-order valence-electron chi connectivity index (χ1n) is 9.15. The Morgan fingerprint density at radius 1 is 1.21 bits per heavy atom. The van der Waals surface area contributed by atoms with E-state index in [2.05, 4.69) is 4.90 Å². The zero-order valence-corrected chi connectivity index (χ0v) is 16.3. The lowest BCUT2D eigenvalue weighted by Crippen LogP contribution is -2.66. The highest BCUT2D eigenvalue weighted by atomic mass is 32.1. The second kappa shape index (κ2) is 7.25. The molecule has 2 amide bonds. The van der Waals surface area contributed by atoms with Crippen LogP contribution in [0.15, 0.2) is 35.0 Å². The fourth-order valence-corrected chi connectivity index (χ4v) is 4.91. The second-order valence-electron chi connectivity index (χ2n) is 7.50. The van der Waals surface area contributed by atoms with Crippen LogP contribution in [0.4, 0.5) is 14.5 Å². The van der Waals surface area contributed by atoms with Gasteiger partial charge in [-0.3, -0.25) is 14.5 Å². The van der Waals surface area contributed by atoms with Crippen LogP contribution >= 0.6 is 11.3 Å². The number of piperazine rings is 1. The van der Waals surface area contributed by atoms with Gasteiger partial charge in [0.05, 0.1) is 17.8 Å². The molecule has 0 radical (unpaired) electrons. The summed E-state index contributed by atoms with van der Waals surface area (Å²) < 4.78 is 26.7. The van der Waals surface area contributed by atoms with Gasteiger partial charge in [-0.25, -0.2) is 8.78 Å². The van der Waals surface area contributed by atoms with Crippen molar-refractivity contribution in [3.63, 3.8) is 0 Å². The van der Waals surface area contributed by atoms with E-state index in [9.17, 15) is 18.4 Å². The third kappa shape index (κ3) is 3.42. The Morgan fingerprint density at radius 3 is 2.71 bits per heavy atom. The van der Waals surface area contributed by atoms with Crippen LogP contribution in [0.1, 0.15) is 18.9 Å². The van der Waals surface area contributed by atoms with Gasteiger partial charge in [-0.15, -0.1) is 0 Å². The largest absolute Gasteiger partial charge is 0.325 e. The maximum Gasteiger partial charge on any atom is 0.246 e. The first-order valence-corrected chi connectivity index (χ1v) is 10.1. The molecule has 0 aliphatic carbocycles. The van der Waals surface area contributed by atoms with Crippen molar-refractivity contribution in [2.24, 2.45) is 0 Å². The minimum atomic E-state index is -0.860. The van der Waals surface area contributed by atoms with Crippen molar-refractivity contribution in [2.45, 2.75) is 25.4 Å². The number of thiophene rings is 1. The van der Waals surface area contributed by atoms with E-state index >= 15 is 0 Å². The number of hydrogen-bond acceptors (Lipinski definition) is 4. The fourth-order valence-electron chi connectivity index (χ4n) is 4.27. The van der Waals surface area contributed by atoms with E-state index in [4.69, 9.17) is 0 Å². The maximum absolute atomic E-state index is 13.5. The third-order valence-electron chi connectivity index (χ3n) is 5.62. The molecule has 2 aliphatic heterocycles. The van der Waals surface area contributed by atoms with E-state index < -0.39 is 17.2 Å². The lowest BCUT2D eigenvalue weighted by Gasteiger charge is -2.48. The van der Waals surface area contributed by atoms with E-state index in [1.54, 1.807) is 15.9 Å². The summed E-state index contributed by atoms with van der Waals surface area (Å²) >= 11 is 1.53. The molecule has 0 N–H and O–H groups in total. The molecule has 1 spiro atoms. The van der Waals surface area contributed by atoms with E-state index in [1.807, 2.05) is 16.8 Å². The molecule has 28 heavy (non-hydrogen) atoms. The Kier molecular flexibility index (Phi) is 4.93. The molecule has 2 fully saturated rings. The number of benzene rings is 1.